The van der Waals surface area contributed by atoms with Gasteiger partial charge in [0, 0.05) is 45.0 Å². The molecule has 2 aromatic carbocycles. The van der Waals surface area contributed by atoms with E-state index in [0.29, 0.717) is 17.4 Å². The van der Waals surface area contributed by atoms with Gasteiger partial charge in [-0.2, -0.15) is 0 Å². The Morgan fingerprint density at radius 1 is 0.833 bits per heavy atom. The summed E-state index contributed by atoms with van der Waals surface area (Å²) in [6, 6.07) is 23.1. The Hall–Kier alpha value is -3.38. The first-order chi connectivity index (χ1) is 14.8. The quantitative estimate of drug-likeness (QED) is 0.603. The number of amides is 1. The lowest BCUT2D eigenvalue weighted by molar-refractivity contribution is -0.135. The van der Waals surface area contributed by atoms with Gasteiger partial charge in [0.25, 0.3) is 5.91 Å². The van der Waals surface area contributed by atoms with E-state index in [1.54, 1.807) is 36.5 Å². The van der Waals surface area contributed by atoms with Gasteiger partial charge < -0.3 is 14.4 Å². The summed E-state index contributed by atoms with van der Waals surface area (Å²) in [5, 5.41) is 0. The number of aromatic nitrogens is 1. The molecule has 6 nitrogen and oxygen atoms in total. The zero-order chi connectivity index (χ0) is 20.6. The van der Waals surface area contributed by atoms with E-state index in [2.05, 4.69) is 34.1 Å². The van der Waals surface area contributed by atoms with Crippen LogP contribution in [0, 0.1) is 0 Å². The van der Waals surface area contributed by atoms with Gasteiger partial charge in [0.15, 0.2) is 6.61 Å². The van der Waals surface area contributed by atoms with E-state index in [9.17, 15) is 4.79 Å². The summed E-state index contributed by atoms with van der Waals surface area (Å²) in [5.41, 5.74) is 1.30. The summed E-state index contributed by atoms with van der Waals surface area (Å²) < 4.78 is 11.3. The molecule has 0 unspecified atom stereocenters. The van der Waals surface area contributed by atoms with Crippen LogP contribution < -0.4 is 9.47 Å². The molecular formula is C24H25N3O3. The molecule has 0 radical (unpaired) electrons. The molecule has 0 saturated carbocycles. The third kappa shape index (κ3) is 5.58. The predicted octanol–water partition coefficient (Wildman–Crippen LogP) is 3.60. The lowest BCUT2D eigenvalue weighted by atomic mass is 10.2. The van der Waals surface area contributed by atoms with Crippen LogP contribution in [0.3, 0.4) is 0 Å². The second-order valence-electron chi connectivity index (χ2n) is 7.17. The molecule has 154 valence electrons. The third-order valence-electron chi connectivity index (χ3n) is 5.02. The molecule has 6 heteroatoms. The largest absolute Gasteiger partial charge is 0.484 e. The Bertz CT molecular complexity index is 925. The monoisotopic (exact) mass is 403 g/mol. The Morgan fingerprint density at radius 2 is 1.53 bits per heavy atom. The van der Waals surface area contributed by atoms with E-state index in [4.69, 9.17) is 9.47 Å². The maximum absolute atomic E-state index is 12.5. The van der Waals surface area contributed by atoms with Crippen LogP contribution in [-0.2, 0) is 11.3 Å². The molecule has 1 aromatic heterocycles. The Labute approximate surface area is 176 Å². The number of piperazine rings is 1. The van der Waals surface area contributed by atoms with E-state index >= 15 is 0 Å². The molecule has 2 heterocycles. The van der Waals surface area contributed by atoms with Crippen molar-refractivity contribution in [2.75, 3.05) is 32.8 Å². The number of rotatable bonds is 7. The van der Waals surface area contributed by atoms with Crippen LogP contribution >= 0.6 is 0 Å². The van der Waals surface area contributed by atoms with E-state index in [0.717, 1.165) is 32.7 Å². The van der Waals surface area contributed by atoms with Gasteiger partial charge in [0.1, 0.15) is 11.5 Å². The van der Waals surface area contributed by atoms with E-state index in [1.807, 2.05) is 23.1 Å². The van der Waals surface area contributed by atoms with Crippen molar-refractivity contribution in [3.05, 3.63) is 84.6 Å². The van der Waals surface area contributed by atoms with Crippen molar-refractivity contribution >= 4 is 5.91 Å². The Kier molecular flexibility index (Phi) is 6.57. The fourth-order valence-electron chi connectivity index (χ4n) is 3.37. The van der Waals surface area contributed by atoms with Crippen LogP contribution in [-0.4, -0.2) is 53.5 Å². The third-order valence-corrected chi connectivity index (χ3v) is 5.02. The molecule has 0 spiro atoms. The van der Waals surface area contributed by atoms with Crippen molar-refractivity contribution in [3.63, 3.8) is 0 Å². The lowest BCUT2D eigenvalue weighted by Crippen LogP contribution is -2.49. The van der Waals surface area contributed by atoms with Crippen molar-refractivity contribution in [2.24, 2.45) is 0 Å². The summed E-state index contributed by atoms with van der Waals surface area (Å²) in [5.74, 6) is 1.86. The Morgan fingerprint density at radius 3 is 2.23 bits per heavy atom. The Balaban J connectivity index is 1.20. The van der Waals surface area contributed by atoms with E-state index < -0.39 is 0 Å². The number of benzene rings is 2. The zero-order valence-corrected chi connectivity index (χ0v) is 16.8. The van der Waals surface area contributed by atoms with Crippen LogP contribution in [0.25, 0.3) is 0 Å². The van der Waals surface area contributed by atoms with Crippen LogP contribution in [0.1, 0.15) is 5.56 Å². The molecular weight excluding hydrogens is 378 g/mol. The first-order valence-electron chi connectivity index (χ1n) is 10.1. The maximum Gasteiger partial charge on any atom is 0.260 e. The lowest BCUT2D eigenvalue weighted by Gasteiger charge is -2.34. The normalized spacial score (nSPS) is 14.3. The molecule has 3 aromatic rings. The summed E-state index contributed by atoms with van der Waals surface area (Å²) in [6.07, 6.45) is 1.68. The highest BCUT2D eigenvalue weighted by molar-refractivity contribution is 5.77. The molecule has 1 amide bonds. The van der Waals surface area contributed by atoms with Gasteiger partial charge in [-0.25, -0.2) is 4.98 Å². The first-order valence-corrected chi connectivity index (χ1v) is 10.1. The highest BCUT2D eigenvalue weighted by atomic mass is 16.5. The number of hydrogen-bond donors (Lipinski definition) is 0. The van der Waals surface area contributed by atoms with Crippen LogP contribution in [0.2, 0.25) is 0 Å². The summed E-state index contributed by atoms with van der Waals surface area (Å²) in [6.45, 7) is 4.17. The van der Waals surface area contributed by atoms with E-state index in [1.165, 1.54) is 5.56 Å². The molecule has 0 N–H and O–H groups in total. The second-order valence-corrected chi connectivity index (χ2v) is 7.17. The number of ether oxygens (including phenoxy) is 2. The number of pyridine rings is 1. The minimum Gasteiger partial charge on any atom is -0.484 e. The minimum absolute atomic E-state index is 0.0168. The first kappa shape index (κ1) is 19.9. The molecule has 0 atom stereocenters. The van der Waals surface area contributed by atoms with Gasteiger partial charge in [-0.1, -0.05) is 36.4 Å². The second kappa shape index (κ2) is 9.89. The predicted molar refractivity (Wildman–Crippen MR) is 115 cm³/mol. The van der Waals surface area contributed by atoms with Crippen molar-refractivity contribution in [1.82, 2.24) is 14.8 Å². The molecule has 4 rings (SSSR count). The summed E-state index contributed by atoms with van der Waals surface area (Å²) in [7, 11) is 0. The maximum atomic E-state index is 12.5. The number of carbonyl (C=O) groups excluding carboxylic acids is 1. The van der Waals surface area contributed by atoms with Crippen LogP contribution in [0.15, 0.2) is 79.0 Å². The highest BCUT2D eigenvalue weighted by Gasteiger charge is 2.21. The summed E-state index contributed by atoms with van der Waals surface area (Å²) in [4.78, 5) is 20.9. The molecule has 0 aliphatic carbocycles. The number of nitrogens with zero attached hydrogens (tertiary/aromatic N) is 3. The van der Waals surface area contributed by atoms with Crippen molar-refractivity contribution < 1.29 is 14.3 Å². The van der Waals surface area contributed by atoms with E-state index in [-0.39, 0.29) is 12.5 Å². The van der Waals surface area contributed by atoms with Gasteiger partial charge >= 0.3 is 0 Å². The van der Waals surface area contributed by atoms with Gasteiger partial charge in [-0.15, -0.1) is 0 Å². The van der Waals surface area contributed by atoms with Gasteiger partial charge in [-0.05, 0) is 35.9 Å². The molecule has 1 aliphatic heterocycles. The smallest absolute Gasteiger partial charge is 0.260 e. The molecule has 0 bridgehead atoms. The fourth-order valence-corrected chi connectivity index (χ4v) is 3.37. The van der Waals surface area contributed by atoms with Crippen molar-refractivity contribution in [1.29, 1.82) is 0 Å². The standard InChI is InChI=1S/C24H25N3O3/c28-24(27-16-14-26(15-17-27)18-20-6-2-1-3-7-20)19-29-21-9-11-22(12-10-21)30-23-8-4-5-13-25-23/h1-13H,14-19H2. The zero-order valence-electron chi connectivity index (χ0n) is 16.8. The average molecular weight is 403 g/mol. The number of carbonyl (C=O) groups is 1. The van der Waals surface area contributed by atoms with Gasteiger partial charge in [0.05, 0.1) is 0 Å². The summed E-state index contributed by atoms with van der Waals surface area (Å²) >= 11 is 0. The molecule has 30 heavy (non-hydrogen) atoms. The van der Waals surface area contributed by atoms with Crippen LogP contribution in [0.5, 0.6) is 17.4 Å². The van der Waals surface area contributed by atoms with Gasteiger partial charge in [0.2, 0.25) is 5.88 Å². The number of hydrogen-bond acceptors (Lipinski definition) is 5. The molecule has 1 saturated heterocycles. The minimum atomic E-state index is 0.0168. The SMILES string of the molecule is O=C(COc1ccc(Oc2ccccn2)cc1)N1CCN(Cc2ccccc2)CC1. The average Bonchev–Trinajstić information content (AvgIpc) is 2.80. The van der Waals surface area contributed by atoms with Gasteiger partial charge in [-0.3, -0.25) is 9.69 Å². The fraction of sp³-hybridized carbons (Fsp3) is 0.250. The van der Waals surface area contributed by atoms with Crippen molar-refractivity contribution in [2.45, 2.75) is 6.54 Å². The van der Waals surface area contributed by atoms with Crippen molar-refractivity contribution in [3.8, 4) is 17.4 Å². The van der Waals surface area contributed by atoms with Crippen LogP contribution in [0.4, 0.5) is 0 Å². The molecule has 1 fully saturated rings. The topological polar surface area (TPSA) is 54.9 Å². The molecule has 1 aliphatic rings. The highest BCUT2D eigenvalue weighted by Crippen LogP contribution is 2.22.